The van der Waals surface area contributed by atoms with E-state index in [0.29, 0.717) is 19.5 Å². The number of anilines is 1. The number of carbonyl (C=O) groups excluding carboxylic acids is 1. The molecule has 0 saturated carbocycles. The molecule has 0 unspecified atom stereocenters. The molecule has 3 aromatic carbocycles. The molecule has 1 fully saturated rings. The Balaban J connectivity index is 1.35. The summed E-state index contributed by atoms with van der Waals surface area (Å²) in [5, 5.41) is 10.9. The lowest BCUT2D eigenvalue weighted by molar-refractivity contribution is -0.117. The van der Waals surface area contributed by atoms with Gasteiger partial charge in [-0.3, -0.25) is 4.79 Å². The number of rotatable bonds is 8. The van der Waals surface area contributed by atoms with Crippen LogP contribution in [0.5, 0.6) is 5.75 Å². The molecule has 2 heterocycles. The molecule has 1 aliphatic rings. The van der Waals surface area contributed by atoms with E-state index in [0.717, 1.165) is 40.3 Å². The molecule has 0 radical (unpaired) electrons. The van der Waals surface area contributed by atoms with Gasteiger partial charge in [0.1, 0.15) is 24.3 Å². The number of nitrogens with zero attached hydrogens (tertiary/aromatic N) is 3. The van der Waals surface area contributed by atoms with Crippen molar-refractivity contribution in [2.75, 3.05) is 18.1 Å². The van der Waals surface area contributed by atoms with E-state index in [-0.39, 0.29) is 18.4 Å². The van der Waals surface area contributed by atoms with Crippen LogP contribution < -0.4 is 9.64 Å². The van der Waals surface area contributed by atoms with Gasteiger partial charge < -0.3 is 19.3 Å². The number of hydrogen-bond donors (Lipinski definition) is 1. The normalized spacial score (nSPS) is 16.7. The number of aliphatic hydroxyl groups is 1. The highest BCUT2D eigenvalue weighted by Gasteiger charge is 2.35. The zero-order chi connectivity index (χ0) is 24.4. The number of aromatic nitrogens is 2. The smallest absolute Gasteiger partial charge is 0.227 e. The highest BCUT2D eigenvalue weighted by atomic mass is 16.5. The van der Waals surface area contributed by atoms with Gasteiger partial charge in [-0.25, -0.2) is 4.98 Å². The first-order chi connectivity index (χ1) is 17.0. The molecular weight excluding hydrogens is 438 g/mol. The van der Waals surface area contributed by atoms with Gasteiger partial charge in [0.2, 0.25) is 5.91 Å². The molecule has 35 heavy (non-hydrogen) atoms. The highest BCUT2D eigenvalue weighted by molar-refractivity contribution is 5.96. The molecule has 1 aromatic heterocycles. The molecule has 6 nitrogen and oxygen atoms in total. The van der Waals surface area contributed by atoms with Crippen molar-refractivity contribution in [2.24, 2.45) is 0 Å². The van der Waals surface area contributed by atoms with Gasteiger partial charge >= 0.3 is 0 Å². The second-order valence-corrected chi connectivity index (χ2v) is 9.27. The summed E-state index contributed by atoms with van der Waals surface area (Å²) in [7, 11) is 0. The van der Waals surface area contributed by atoms with Crippen LogP contribution >= 0.6 is 0 Å². The van der Waals surface area contributed by atoms with E-state index in [4.69, 9.17) is 9.72 Å². The zero-order valence-electron chi connectivity index (χ0n) is 20.2. The number of imidazole rings is 1. The van der Waals surface area contributed by atoms with Crippen molar-refractivity contribution in [1.29, 1.82) is 0 Å². The van der Waals surface area contributed by atoms with Crippen LogP contribution in [-0.4, -0.2) is 39.8 Å². The Labute approximate surface area is 205 Å². The molecule has 0 spiro atoms. The Morgan fingerprint density at radius 2 is 1.80 bits per heavy atom. The minimum absolute atomic E-state index is 0.0501. The average Bonchev–Trinajstić information content (AvgIpc) is 3.44. The van der Waals surface area contributed by atoms with Crippen LogP contribution in [0.15, 0.2) is 72.8 Å². The number of ether oxygens (including phenoxy) is 1. The molecule has 180 valence electrons. The number of aliphatic hydroxyl groups excluding tert-OH is 1. The summed E-state index contributed by atoms with van der Waals surface area (Å²) in [6, 6.07) is 23.9. The second-order valence-electron chi connectivity index (χ2n) is 9.27. The molecule has 1 saturated heterocycles. The number of benzene rings is 3. The van der Waals surface area contributed by atoms with Gasteiger partial charge in [0.25, 0.3) is 0 Å². The zero-order valence-corrected chi connectivity index (χ0v) is 20.2. The SMILES string of the molecule is CCc1ccc(OC[C@H](O)Cn2c([C@H]3CC(=O)N(c4ccc(C)cc4)C3)nc3ccccc32)cc1. The Morgan fingerprint density at radius 3 is 2.54 bits per heavy atom. The van der Waals surface area contributed by atoms with Crippen molar-refractivity contribution in [3.05, 3.63) is 89.7 Å². The Hall–Kier alpha value is -3.64. The van der Waals surface area contributed by atoms with Gasteiger partial charge in [0.05, 0.1) is 17.6 Å². The maximum atomic E-state index is 12.9. The van der Waals surface area contributed by atoms with Crippen molar-refractivity contribution in [3.8, 4) is 5.75 Å². The van der Waals surface area contributed by atoms with Crippen molar-refractivity contribution >= 4 is 22.6 Å². The van der Waals surface area contributed by atoms with Crippen LogP contribution in [0.25, 0.3) is 11.0 Å². The van der Waals surface area contributed by atoms with Crippen molar-refractivity contribution < 1.29 is 14.6 Å². The topological polar surface area (TPSA) is 67.6 Å². The molecule has 0 bridgehead atoms. The summed E-state index contributed by atoms with van der Waals surface area (Å²) in [6.07, 6.45) is 0.653. The minimum atomic E-state index is -0.720. The first-order valence-electron chi connectivity index (χ1n) is 12.2. The average molecular weight is 470 g/mol. The van der Waals surface area contributed by atoms with Crippen LogP contribution in [0.3, 0.4) is 0 Å². The lowest BCUT2D eigenvalue weighted by Crippen LogP contribution is -2.26. The van der Waals surface area contributed by atoms with Crippen LogP contribution in [0.4, 0.5) is 5.69 Å². The van der Waals surface area contributed by atoms with Crippen molar-refractivity contribution in [2.45, 2.75) is 45.3 Å². The molecule has 1 N–H and O–H groups in total. The summed E-state index contributed by atoms with van der Waals surface area (Å²) in [4.78, 5) is 19.7. The van der Waals surface area contributed by atoms with E-state index in [9.17, 15) is 9.90 Å². The molecule has 5 rings (SSSR count). The molecular formula is C29H31N3O3. The lowest BCUT2D eigenvalue weighted by atomic mass is 10.1. The highest BCUT2D eigenvalue weighted by Crippen LogP contribution is 2.33. The van der Waals surface area contributed by atoms with E-state index in [1.807, 2.05) is 84.6 Å². The van der Waals surface area contributed by atoms with Gasteiger partial charge in [-0.05, 0) is 55.3 Å². The summed E-state index contributed by atoms with van der Waals surface area (Å²) in [6.45, 7) is 5.25. The predicted octanol–water partition coefficient (Wildman–Crippen LogP) is 4.87. The van der Waals surface area contributed by atoms with E-state index < -0.39 is 6.10 Å². The number of hydrogen-bond acceptors (Lipinski definition) is 4. The third-order valence-corrected chi connectivity index (χ3v) is 6.69. The summed E-state index contributed by atoms with van der Waals surface area (Å²) < 4.78 is 7.90. The molecule has 2 atom stereocenters. The Bertz CT molecular complexity index is 1310. The van der Waals surface area contributed by atoms with Crippen LogP contribution in [-0.2, 0) is 17.8 Å². The summed E-state index contributed by atoms with van der Waals surface area (Å²) >= 11 is 0. The monoisotopic (exact) mass is 469 g/mol. The van der Waals surface area contributed by atoms with Crippen molar-refractivity contribution in [3.63, 3.8) is 0 Å². The number of carbonyl (C=O) groups is 1. The Morgan fingerprint density at radius 1 is 1.06 bits per heavy atom. The number of fused-ring (bicyclic) bond motifs is 1. The van der Waals surface area contributed by atoms with Gasteiger partial charge in [-0.1, -0.05) is 48.9 Å². The largest absolute Gasteiger partial charge is 0.491 e. The quantitative estimate of drug-likeness (QED) is 0.400. The van der Waals surface area contributed by atoms with Gasteiger partial charge in [0, 0.05) is 24.6 Å². The first-order valence-corrected chi connectivity index (χ1v) is 12.2. The van der Waals surface area contributed by atoms with Crippen LogP contribution in [0.2, 0.25) is 0 Å². The standard InChI is InChI=1S/C29H31N3O3/c1-3-21-10-14-25(15-11-21)35-19-24(33)18-32-27-7-5-4-6-26(27)30-29(32)22-16-28(34)31(17-22)23-12-8-20(2)9-13-23/h4-15,22,24,33H,3,16-19H2,1-2H3/t22-,24+/m0/s1. The second kappa shape index (κ2) is 9.92. The molecule has 1 amide bonds. The first kappa shape index (κ1) is 23.1. The van der Waals surface area contributed by atoms with E-state index in [1.54, 1.807) is 0 Å². The molecule has 4 aromatic rings. The Kier molecular flexibility index (Phi) is 6.55. The molecule has 0 aliphatic carbocycles. The molecule has 6 heteroatoms. The minimum Gasteiger partial charge on any atom is -0.491 e. The summed E-state index contributed by atoms with van der Waals surface area (Å²) in [5.41, 5.74) is 5.14. The van der Waals surface area contributed by atoms with Crippen LogP contribution in [0.1, 0.15) is 36.2 Å². The van der Waals surface area contributed by atoms with E-state index in [1.165, 1.54) is 5.56 Å². The van der Waals surface area contributed by atoms with Crippen molar-refractivity contribution in [1.82, 2.24) is 9.55 Å². The fourth-order valence-corrected chi connectivity index (χ4v) is 4.73. The maximum Gasteiger partial charge on any atom is 0.227 e. The van der Waals surface area contributed by atoms with E-state index in [2.05, 4.69) is 11.5 Å². The number of para-hydroxylation sites is 2. The number of amides is 1. The van der Waals surface area contributed by atoms with Gasteiger partial charge in [-0.15, -0.1) is 0 Å². The van der Waals surface area contributed by atoms with Crippen LogP contribution in [0, 0.1) is 6.92 Å². The van der Waals surface area contributed by atoms with Gasteiger partial charge in [-0.2, -0.15) is 0 Å². The predicted molar refractivity (Wildman–Crippen MR) is 138 cm³/mol. The number of aryl methyl sites for hydroxylation is 2. The van der Waals surface area contributed by atoms with E-state index >= 15 is 0 Å². The fraction of sp³-hybridized carbons (Fsp3) is 0.310. The third-order valence-electron chi connectivity index (χ3n) is 6.69. The summed E-state index contributed by atoms with van der Waals surface area (Å²) in [5.74, 6) is 1.62. The third kappa shape index (κ3) is 4.93. The van der Waals surface area contributed by atoms with Gasteiger partial charge in [0.15, 0.2) is 0 Å². The fourth-order valence-electron chi connectivity index (χ4n) is 4.73. The molecule has 1 aliphatic heterocycles. The maximum absolute atomic E-state index is 12.9. The lowest BCUT2D eigenvalue weighted by Gasteiger charge is -2.19.